The van der Waals surface area contributed by atoms with E-state index in [1.807, 2.05) is 40.7 Å². The van der Waals surface area contributed by atoms with E-state index in [1.54, 1.807) is 6.07 Å². The molecule has 0 saturated carbocycles. The summed E-state index contributed by atoms with van der Waals surface area (Å²) < 4.78 is 5.56. The van der Waals surface area contributed by atoms with Crippen molar-refractivity contribution in [3.8, 4) is 0 Å². The molecule has 0 fully saturated rings. The third-order valence-electron chi connectivity index (χ3n) is 2.74. The Labute approximate surface area is 131 Å². The zero-order valence-electron chi connectivity index (χ0n) is 13.8. The van der Waals surface area contributed by atoms with Crippen LogP contribution in [0.5, 0.6) is 0 Å². The molecule has 120 valence electrons. The van der Waals surface area contributed by atoms with Gasteiger partial charge in [-0.1, -0.05) is 11.1 Å². The maximum atomic E-state index is 11.9. The van der Waals surface area contributed by atoms with Crippen molar-refractivity contribution in [3.05, 3.63) is 47.0 Å². The number of furan rings is 1. The second kappa shape index (κ2) is 8.22. The first kappa shape index (κ1) is 17.8. The Hall–Kier alpha value is -2.30. The monoisotopic (exact) mass is 304 g/mol. The van der Waals surface area contributed by atoms with Gasteiger partial charge in [-0.15, -0.1) is 0 Å². The fraction of sp³-hybridized carbons (Fsp3) is 0.412. The largest absolute Gasteiger partial charge is 0.464 e. The number of hydrogen-bond donors (Lipinski definition) is 2. The molecule has 2 N–H and O–H groups in total. The molecule has 0 saturated heterocycles. The Morgan fingerprint density at radius 1 is 1.09 bits per heavy atom. The fourth-order valence-corrected chi connectivity index (χ4v) is 1.85. The molecule has 1 rings (SSSR count). The second-order valence-corrected chi connectivity index (χ2v) is 5.70. The number of rotatable bonds is 6. The van der Waals surface area contributed by atoms with Gasteiger partial charge in [-0.3, -0.25) is 9.59 Å². The van der Waals surface area contributed by atoms with Gasteiger partial charge in [0, 0.05) is 18.7 Å². The van der Waals surface area contributed by atoms with Gasteiger partial charge < -0.3 is 15.1 Å². The second-order valence-electron chi connectivity index (χ2n) is 5.70. The summed E-state index contributed by atoms with van der Waals surface area (Å²) in [6.07, 6.45) is 3.03. The van der Waals surface area contributed by atoms with E-state index in [-0.39, 0.29) is 18.4 Å². The Bertz CT molecular complexity index is 589. The molecule has 0 unspecified atom stereocenters. The molecular formula is C17H24N2O3. The van der Waals surface area contributed by atoms with Crippen LogP contribution < -0.4 is 10.6 Å². The zero-order chi connectivity index (χ0) is 16.7. The lowest BCUT2D eigenvalue weighted by atomic mass is 10.2. The van der Waals surface area contributed by atoms with E-state index in [1.165, 1.54) is 12.2 Å². The molecule has 1 heterocycles. The predicted octanol–water partition coefficient (Wildman–Crippen LogP) is 2.79. The number of hydrogen-bond acceptors (Lipinski definition) is 3. The van der Waals surface area contributed by atoms with E-state index in [2.05, 4.69) is 10.6 Å². The minimum atomic E-state index is -0.411. The van der Waals surface area contributed by atoms with Gasteiger partial charge in [0.1, 0.15) is 17.6 Å². The van der Waals surface area contributed by atoms with Crippen molar-refractivity contribution in [2.24, 2.45) is 0 Å². The summed E-state index contributed by atoms with van der Waals surface area (Å²) in [6, 6.07) is 3.22. The van der Waals surface area contributed by atoms with Gasteiger partial charge in [0.25, 0.3) is 0 Å². The molecular weight excluding hydrogens is 280 g/mol. The number of carbonyl (C=O) groups excluding carboxylic acids is 2. The van der Waals surface area contributed by atoms with E-state index in [0.29, 0.717) is 5.76 Å². The summed E-state index contributed by atoms with van der Waals surface area (Å²) in [6.45, 7) is 9.50. The standard InChI is InChI=1S/C17H24N2O3/c1-11(2)8-16(20)18-10-14(15-7-6-13(5)22-15)19-17(21)9-12(3)4/h6-9,14H,10H2,1-5H3,(H,18,20)(H,19,21)/t14-/m1/s1. The normalized spacial score (nSPS) is 11.3. The highest BCUT2D eigenvalue weighted by Crippen LogP contribution is 2.16. The van der Waals surface area contributed by atoms with Crippen LogP contribution in [-0.4, -0.2) is 18.4 Å². The summed E-state index contributed by atoms with van der Waals surface area (Å²) in [5.41, 5.74) is 1.82. The van der Waals surface area contributed by atoms with Crippen LogP contribution in [0.15, 0.2) is 39.8 Å². The molecule has 0 radical (unpaired) electrons. The molecule has 0 aliphatic carbocycles. The summed E-state index contributed by atoms with van der Waals surface area (Å²) in [4.78, 5) is 23.6. The summed E-state index contributed by atoms with van der Waals surface area (Å²) in [5.74, 6) is 0.970. The number of allylic oxidation sites excluding steroid dienone is 2. The van der Waals surface area contributed by atoms with Gasteiger partial charge in [-0.2, -0.15) is 0 Å². The van der Waals surface area contributed by atoms with E-state index in [0.717, 1.165) is 16.9 Å². The lowest BCUT2D eigenvalue weighted by Gasteiger charge is -2.16. The summed E-state index contributed by atoms with van der Waals surface area (Å²) >= 11 is 0. The first-order valence-electron chi connectivity index (χ1n) is 7.22. The van der Waals surface area contributed by atoms with Crippen LogP contribution in [0.4, 0.5) is 0 Å². The van der Waals surface area contributed by atoms with Gasteiger partial charge in [-0.05, 0) is 46.8 Å². The quantitative estimate of drug-likeness (QED) is 0.794. The Kier molecular flexibility index (Phi) is 6.63. The zero-order valence-corrected chi connectivity index (χ0v) is 13.8. The lowest BCUT2D eigenvalue weighted by Crippen LogP contribution is -2.36. The SMILES string of the molecule is CC(C)=CC(=O)NC[C@@H](NC(=O)C=C(C)C)c1ccc(C)o1. The lowest BCUT2D eigenvalue weighted by molar-refractivity contribution is -0.119. The summed E-state index contributed by atoms with van der Waals surface area (Å²) in [7, 11) is 0. The summed E-state index contributed by atoms with van der Waals surface area (Å²) in [5, 5.41) is 5.61. The highest BCUT2D eigenvalue weighted by molar-refractivity contribution is 5.89. The van der Waals surface area contributed by atoms with Crippen LogP contribution in [-0.2, 0) is 9.59 Å². The van der Waals surface area contributed by atoms with Gasteiger partial charge >= 0.3 is 0 Å². The average molecular weight is 304 g/mol. The minimum Gasteiger partial charge on any atom is -0.464 e. The fourth-order valence-electron chi connectivity index (χ4n) is 1.85. The molecule has 0 bridgehead atoms. The minimum absolute atomic E-state index is 0.190. The first-order valence-corrected chi connectivity index (χ1v) is 7.22. The molecule has 0 aromatic carbocycles. The van der Waals surface area contributed by atoms with Crippen molar-refractivity contribution in [3.63, 3.8) is 0 Å². The van der Waals surface area contributed by atoms with Gasteiger partial charge in [0.05, 0.1) is 0 Å². The number of nitrogens with one attached hydrogen (secondary N) is 2. The van der Waals surface area contributed by atoms with Crippen LogP contribution in [0.3, 0.4) is 0 Å². The number of aryl methyl sites for hydroxylation is 1. The third-order valence-corrected chi connectivity index (χ3v) is 2.74. The molecule has 1 atom stereocenters. The van der Waals surface area contributed by atoms with Crippen LogP contribution in [0, 0.1) is 6.92 Å². The van der Waals surface area contributed by atoms with Gasteiger partial charge in [0.2, 0.25) is 11.8 Å². The number of carbonyl (C=O) groups is 2. The van der Waals surface area contributed by atoms with E-state index in [4.69, 9.17) is 4.42 Å². The number of amides is 2. The van der Waals surface area contributed by atoms with Crippen molar-refractivity contribution >= 4 is 11.8 Å². The highest BCUT2D eigenvalue weighted by Gasteiger charge is 2.17. The predicted molar refractivity (Wildman–Crippen MR) is 86.2 cm³/mol. The Morgan fingerprint density at radius 2 is 1.68 bits per heavy atom. The van der Waals surface area contributed by atoms with E-state index < -0.39 is 6.04 Å². The Morgan fingerprint density at radius 3 is 2.18 bits per heavy atom. The molecule has 0 spiro atoms. The van der Waals surface area contributed by atoms with Gasteiger partial charge in [-0.25, -0.2) is 0 Å². The van der Waals surface area contributed by atoms with Crippen molar-refractivity contribution in [2.45, 2.75) is 40.7 Å². The van der Waals surface area contributed by atoms with Crippen molar-refractivity contribution in [2.75, 3.05) is 6.54 Å². The van der Waals surface area contributed by atoms with Crippen molar-refractivity contribution < 1.29 is 14.0 Å². The highest BCUT2D eigenvalue weighted by atomic mass is 16.3. The molecule has 2 amide bonds. The first-order chi connectivity index (χ1) is 10.3. The van der Waals surface area contributed by atoms with Gasteiger partial charge in [0.15, 0.2) is 0 Å². The molecule has 0 aliphatic heterocycles. The Balaban J connectivity index is 2.79. The van der Waals surface area contributed by atoms with Crippen LogP contribution in [0.1, 0.15) is 45.3 Å². The van der Waals surface area contributed by atoms with E-state index in [9.17, 15) is 9.59 Å². The molecule has 1 aromatic heterocycles. The molecule has 22 heavy (non-hydrogen) atoms. The van der Waals surface area contributed by atoms with E-state index >= 15 is 0 Å². The smallest absolute Gasteiger partial charge is 0.244 e. The maximum Gasteiger partial charge on any atom is 0.244 e. The maximum absolute atomic E-state index is 11.9. The molecule has 5 heteroatoms. The van der Waals surface area contributed by atoms with Crippen molar-refractivity contribution in [1.29, 1.82) is 0 Å². The molecule has 5 nitrogen and oxygen atoms in total. The molecule has 0 aliphatic rings. The van der Waals surface area contributed by atoms with Crippen LogP contribution >= 0.6 is 0 Å². The average Bonchev–Trinajstić information content (AvgIpc) is 2.79. The van der Waals surface area contributed by atoms with Crippen LogP contribution in [0.25, 0.3) is 0 Å². The van der Waals surface area contributed by atoms with Crippen molar-refractivity contribution in [1.82, 2.24) is 10.6 Å². The van der Waals surface area contributed by atoms with Crippen LogP contribution in [0.2, 0.25) is 0 Å². The topological polar surface area (TPSA) is 71.3 Å². The molecule has 1 aromatic rings. The third kappa shape index (κ3) is 6.43.